The molecule has 0 radical (unpaired) electrons. The Bertz CT molecular complexity index is 701. The Morgan fingerprint density at radius 3 is 2.30 bits per heavy atom. The summed E-state index contributed by atoms with van der Waals surface area (Å²) in [7, 11) is 1.58. The molecule has 0 saturated carbocycles. The van der Waals surface area contributed by atoms with E-state index in [1.807, 2.05) is 32.0 Å². The first-order chi connectivity index (χ1) is 11.0. The lowest BCUT2D eigenvalue weighted by Crippen LogP contribution is -2.12. The molecule has 0 aliphatic carbocycles. The molecule has 2 aromatic carbocycles. The molecule has 2 aromatic rings. The lowest BCUT2D eigenvalue weighted by atomic mass is 10.1. The van der Waals surface area contributed by atoms with Crippen LogP contribution in [0.3, 0.4) is 0 Å². The monoisotopic (exact) mass is 331 g/mol. The number of aryl methyl sites for hydroxylation is 2. The van der Waals surface area contributed by atoms with E-state index in [9.17, 15) is 0 Å². The Hall–Kier alpha value is -2.27. The fraction of sp³-hybridized carbons (Fsp3) is 0.278. The number of methoxy groups -OCH3 is 1. The van der Waals surface area contributed by atoms with Gasteiger partial charge in [0.2, 0.25) is 0 Å². The van der Waals surface area contributed by atoms with Gasteiger partial charge in [-0.25, -0.2) is 0 Å². The van der Waals surface area contributed by atoms with E-state index in [1.54, 1.807) is 19.2 Å². The summed E-state index contributed by atoms with van der Waals surface area (Å²) in [6, 6.07) is 11.5. The molecule has 2 N–H and O–H groups in total. The van der Waals surface area contributed by atoms with Crippen molar-refractivity contribution >= 4 is 17.2 Å². The van der Waals surface area contributed by atoms with Crippen LogP contribution in [0.25, 0.3) is 0 Å². The highest BCUT2D eigenvalue weighted by Crippen LogP contribution is 2.28. The van der Waals surface area contributed by atoms with E-state index < -0.39 is 0 Å². The normalized spacial score (nSPS) is 10.2. The Balaban J connectivity index is 1.93. The van der Waals surface area contributed by atoms with E-state index in [0.717, 1.165) is 16.9 Å². The highest BCUT2D eigenvalue weighted by molar-refractivity contribution is 7.80. The van der Waals surface area contributed by atoms with E-state index in [0.29, 0.717) is 29.7 Å². The third-order valence-electron chi connectivity index (χ3n) is 3.39. The van der Waals surface area contributed by atoms with Gasteiger partial charge in [0.05, 0.1) is 7.11 Å². The van der Waals surface area contributed by atoms with Gasteiger partial charge < -0.3 is 19.9 Å². The first-order valence-corrected chi connectivity index (χ1v) is 7.73. The van der Waals surface area contributed by atoms with Crippen molar-refractivity contribution in [1.82, 2.24) is 0 Å². The molecule has 0 aliphatic heterocycles. The van der Waals surface area contributed by atoms with Crippen molar-refractivity contribution in [2.24, 2.45) is 5.73 Å². The fourth-order valence-corrected chi connectivity index (χ4v) is 2.23. The summed E-state index contributed by atoms with van der Waals surface area (Å²) in [6.45, 7) is 4.92. The van der Waals surface area contributed by atoms with Crippen molar-refractivity contribution in [3.8, 4) is 17.2 Å². The first-order valence-electron chi connectivity index (χ1n) is 7.32. The summed E-state index contributed by atoms with van der Waals surface area (Å²) >= 11 is 4.96. The van der Waals surface area contributed by atoms with E-state index in [2.05, 4.69) is 6.07 Å². The van der Waals surface area contributed by atoms with E-state index in [-0.39, 0.29) is 0 Å². The summed E-state index contributed by atoms with van der Waals surface area (Å²) in [5.41, 5.74) is 8.63. The van der Waals surface area contributed by atoms with Crippen molar-refractivity contribution < 1.29 is 14.2 Å². The van der Waals surface area contributed by atoms with Gasteiger partial charge in [0.1, 0.15) is 24.0 Å². The van der Waals surface area contributed by atoms with Gasteiger partial charge in [-0.3, -0.25) is 0 Å². The predicted molar refractivity (Wildman–Crippen MR) is 95.8 cm³/mol. The third-order valence-corrected chi connectivity index (χ3v) is 3.63. The van der Waals surface area contributed by atoms with Gasteiger partial charge in [0.25, 0.3) is 0 Å². The molecule has 23 heavy (non-hydrogen) atoms. The molecule has 0 aliphatic rings. The predicted octanol–water partition coefficient (Wildman–Crippen LogP) is 3.40. The summed E-state index contributed by atoms with van der Waals surface area (Å²) in [5.74, 6) is 2.11. The number of thiocarbonyl (C=S) groups is 1. The summed E-state index contributed by atoms with van der Waals surface area (Å²) in [4.78, 5) is 0.327. The van der Waals surface area contributed by atoms with Crippen LogP contribution in [0, 0.1) is 13.8 Å². The van der Waals surface area contributed by atoms with Crippen molar-refractivity contribution in [1.29, 1.82) is 0 Å². The minimum Gasteiger partial charge on any atom is -0.493 e. The Morgan fingerprint density at radius 2 is 1.65 bits per heavy atom. The molecule has 4 nitrogen and oxygen atoms in total. The molecule has 122 valence electrons. The average Bonchev–Trinajstić information content (AvgIpc) is 2.54. The maximum atomic E-state index is 5.77. The quantitative estimate of drug-likeness (QED) is 0.622. The zero-order valence-electron chi connectivity index (χ0n) is 13.6. The summed E-state index contributed by atoms with van der Waals surface area (Å²) in [6.07, 6.45) is 0. The number of hydrogen-bond donors (Lipinski definition) is 1. The van der Waals surface area contributed by atoms with Gasteiger partial charge in [0, 0.05) is 5.56 Å². The standard InChI is InChI=1S/C18H21NO3S/c1-12-4-5-13(2)16(10-12)22-9-8-21-15-7-6-14(18(19)23)11-17(15)20-3/h4-7,10-11H,8-9H2,1-3H3,(H2,19,23). The minimum atomic E-state index is 0.327. The molecular formula is C18H21NO3S. The van der Waals surface area contributed by atoms with Crippen molar-refractivity contribution in [3.05, 3.63) is 53.1 Å². The third kappa shape index (κ3) is 4.60. The summed E-state index contributed by atoms with van der Waals surface area (Å²) in [5, 5.41) is 0. The number of rotatable bonds is 7. The Morgan fingerprint density at radius 1 is 0.957 bits per heavy atom. The van der Waals surface area contributed by atoms with E-state index in [1.165, 1.54) is 5.56 Å². The van der Waals surface area contributed by atoms with Crippen molar-refractivity contribution in [2.75, 3.05) is 20.3 Å². The minimum absolute atomic E-state index is 0.327. The Kier molecular flexibility index (Phi) is 5.82. The van der Waals surface area contributed by atoms with E-state index >= 15 is 0 Å². The lowest BCUT2D eigenvalue weighted by molar-refractivity contribution is 0.210. The lowest BCUT2D eigenvalue weighted by Gasteiger charge is -2.13. The SMILES string of the molecule is COc1cc(C(N)=S)ccc1OCCOc1cc(C)ccc1C. The molecule has 0 bridgehead atoms. The van der Waals surface area contributed by atoms with Crippen LogP contribution in [-0.2, 0) is 0 Å². The van der Waals surface area contributed by atoms with Crippen LogP contribution in [0.1, 0.15) is 16.7 Å². The van der Waals surface area contributed by atoms with Crippen molar-refractivity contribution in [2.45, 2.75) is 13.8 Å². The molecule has 5 heteroatoms. The van der Waals surface area contributed by atoms with Crippen LogP contribution in [0.4, 0.5) is 0 Å². The Labute approximate surface area is 142 Å². The fourth-order valence-electron chi connectivity index (χ4n) is 2.11. The topological polar surface area (TPSA) is 53.7 Å². The zero-order chi connectivity index (χ0) is 16.8. The van der Waals surface area contributed by atoms with Gasteiger partial charge in [-0.1, -0.05) is 24.4 Å². The van der Waals surface area contributed by atoms with Crippen LogP contribution in [0.2, 0.25) is 0 Å². The molecule has 0 spiro atoms. The molecule has 0 unspecified atom stereocenters. The van der Waals surface area contributed by atoms with Crippen molar-refractivity contribution in [3.63, 3.8) is 0 Å². The van der Waals surface area contributed by atoms with Gasteiger partial charge in [-0.2, -0.15) is 0 Å². The number of nitrogens with two attached hydrogens (primary N) is 1. The molecule has 0 atom stereocenters. The van der Waals surface area contributed by atoms with Crippen LogP contribution >= 0.6 is 12.2 Å². The van der Waals surface area contributed by atoms with Crippen LogP contribution in [0.5, 0.6) is 17.2 Å². The molecule has 0 amide bonds. The zero-order valence-corrected chi connectivity index (χ0v) is 14.4. The smallest absolute Gasteiger partial charge is 0.161 e. The highest BCUT2D eigenvalue weighted by Gasteiger charge is 2.07. The average molecular weight is 331 g/mol. The second-order valence-corrected chi connectivity index (χ2v) is 5.64. The maximum Gasteiger partial charge on any atom is 0.161 e. The van der Waals surface area contributed by atoms with Gasteiger partial charge in [-0.15, -0.1) is 0 Å². The van der Waals surface area contributed by atoms with Gasteiger partial charge in [0.15, 0.2) is 11.5 Å². The number of hydrogen-bond acceptors (Lipinski definition) is 4. The van der Waals surface area contributed by atoms with Crippen LogP contribution < -0.4 is 19.9 Å². The molecule has 0 fully saturated rings. The van der Waals surface area contributed by atoms with Gasteiger partial charge in [-0.05, 0) is 49.2 Å². The van der Waals surface area contributed by atoms with Gasteiger partial charge >= 0.3 is 0 Å². The van der Waals surface area contributed by atoms with Crippen LogP contribution in [0.15, 0.2) is 36.4 Å². The second-order valence-electron chi connectivity index (χ2n) is 5.20. The number of benzene rings is 2. The first kappa shape index (κ1) is 17.1. The molecule has 0 aromatic heterocycles. The molecule has 0 heterocycles. The second kappa shape index (κ2) is 7.83. The van der Waals surface area contributed by atoms with Crippen LogP contribution in [-0.4, -0.2) is 25.3 Å². The largest absolute Gasteiger partial charge is 0.493 e. The van der Waals surface area contributed by atoms with E-state index in [4.69, 9.17) is 32.2 Å². The molecular weight excluding hydrogens is 310 g/mol. The number of ether oxygens (including phenoxy) is 3. The molecule has 0 saturated heterocycles. The summed E-state index contributed by atoms with van der Waals surface area (Å²) < 4.78 is 16.8. The highest BCUT2D eigenvalue weighted by atomic mass is 32.1. The maximum absolute atomic E-state index is 5.77. The molecule has 2 rings (SSSR count).